The molecular formula is C14H19N3O3. The van der Waals surface area contributed by atoms with Crippen LogP contribution in [0, 0.1) is 0 Å². The van der Waals surface area contributed by atoms with Crippen LogP contribution in [0.5, 0.6) is 0 Å². The maximum Gasteiger partial charge on any atom is 0.239 e. The lowest BCUT2D eigenvalue weighted by atomic mass is 10.2. The lowest BCUT2D eigenvalue weighted by molar-refractivity contribution is -0.121. The average Bonchev–Trinajstić information content (AvgIpc) is 2.83. The fraction of sp³-hybridized carbons (Fsp3) is 0.429. The monoisotopic (exact) mass is 277 g/mol. The molecule has 1 heterocycles. The van der Waals surface area contributed by atoms with Gasteiger partial charge in [0.2, 0.25) is 5.91 Å². The normalized spacial score (nSPS) is 12.5. The van der Waals surface area contributed by atoms with Gasteiger partial charge in [0.05, 0.1) is 30.1 Å². The Morgan fingerprint density at radius 2 is 2.30 bits per heavy atom. The minimum absolute atomic E-state index is 0.0993. The quantitative estimate of drug-likeness (QED) is 0.775. The van der Waals surface area contributed by atoms with Crippen molar-refractivity contribution >= 4 is 16.9 Å². The van der Waals surface area contributed by atoms with E-state index in [4.69, 9.17) is 4.74 Å². The molecule has 0 saturated heterocycles. The van der Waals surface area contributed by atoms with Crippen LogP contribution in [0.4, 0.5) is 0 Å². The van der Waals surface area contributed by atoms with E-state index in [1.807, 2.05) is 24.3 Å². The van der Waals surface area contributed by atoms with Gasteiger partial charge in [0.1, 0.15) is 6.54 Å². The van der Waals surface area contributed by atoms with E-state index >= 15 is 0 Å². The second-order valence-corrected chi connectivity index (χ2v) is 4.61. The third-order valence-electron chi connectivity index (χ3n) is 3.00. The number of rotatable bonds is 7. The summed E-state index contributed by atoms with van der Waals surface area (Å²) < 4.78 is 6.62. The van der Waals surface area contributed by atoms with Crippen molar-refractivity contribution in [2.45, 2.75) is 19.1 Å². The molecule has 108 valence electrons. The smallest absolute Gasteiger partial charge is 0.239 e. The zero-order valence-electron chi connectivity index (χ0n) is 11.5. The predicted octanol–water partition coefficient (Wildman–Crippen LogP) is 0.550. The summed E-state index contributed by atoms with van der Waals surface area (Å²) in [6, 6.07) is 7.67. The van der Waals surface area contributed by atoms with Gasteiger partial charge in [-0.2, -0.15) is 0 Å². The van der Waals surface area contributed by atoms with Crippen LogP contribution in [-0.2, 0) is 16.1 Å². The number of ether oxygens (including phenoxy) is 1. The fourth-order valence-corrected chi connectivity index (χ4v) is 2.00. The molecule has 20 heavy (non-hydrogen) atoms. The molecule has 0 fully saturated rings. The van der Waals surface area contributed by atoms with Gasteiger partial charge in [-0.1, -0.05) is 12.1 Å². The van der Waals surface area contributed by atoms with Gasteiger partial charge >= 0.3 is 0 Å². The molecule has 1 aromatic heterocycles. The highest BCUT2D eigenvalue weighted by Gasteiger charge is 2.08. The summed E-state index contributed by atoms with van der Waals surface area (Å²) in [4.78, 5) is 16.1. The molecule has 2 rings (SSSR count). The van der Waals surface area contributed by atoms with Crippen molar-refractivity contribution in [3.05, 3.63) is 30.6 Å². The molecule has 0 aliphatic rings. The molecule has 1 unspecified atom stereocenters. The van der Waals surface area contributed by atoms with Crippen molar-refractivity contribution < 1.29 is 14.6 Å². The number of aromatic nitrogens is 2. The van der Waals surface area contributed by atoms with E-state index in [0.29, 0.717) is 13.0 Å². The summed E-state index contributed by atoms with van der Waals surface area (Å²) in [6.45, 7) is 0.929. The Bertz CT molecular complexity index is 568. The Labute approximate surface area is 117 Å². The summed E-state index contributed by atoms with van der Waals surface area (Å²) in [5.41, 5.74) is 1.80. The van der Waals surface area contributed by atoms with E-state index in [0.717, 1.165) is 11.0 Å². The molecule has 0 bridgehead atoms. The molecule has 0 spiro atoms. The van der Waals surface area contributed by atoms with Crippen molar-refractivity contribution in [1.29, 1.82) is 0 Å². The number of carbonyl (C=O) groups is 1. The molecule has 1 atom stereocenters. The van der Waals surface area contributed by atoms with Gasteiger partial charge in [-0.3, -0.25) is 4.79 Å². The molecule has 0 aliphatic carbocycles. The SMILES string of the molecule is COCC(O)CCNC(=O)Cn1cnc2ccccc21. The van der Waals surface area contributed by atoms with E-state index in [9.17, 15) is 9.90 Å². The molecule has 0 aliphatic heterocycles. The van der Waals surface area contributed by atoms with Crippen molar-refractivity contribution in [3.63, 3.8) is 0 Å². The zero-order chi connectivity index (χ0) is 14.4. The van der Waals surface area contributed by atoms with Gasteiger partial charge in [-0.15, -0.1) is 0 Å². The standard InChI is InChI=1S/C14H19N3O3/c1-20-9-11(18)6-7-15-14(19)8-17-10-16-12-4-2-3-5-13(12)17/h2-5,10-11,18H,6-9H2,1H3,(H,15,19). The second-order valence-electron chi connectivity index (χ2n) is 4.61. The third kappa shape index (κ3) is 3.79. The number of amides is 1. The molecule has 0 saturated carbocycles. The lowest BCUT2D eigenvalue weighted by Gasteiger charge is -2.10. The summed E-state index contributed by atoms with van der Waals surface area (Å²) in [7, 11) is 1.53. The Balaban J connectivity index is 1.83. The number of hydrogen-bond donors (Lipinski definition) is 2. The van der Waals surface area contributed by atoms with E-state index in [1.165, 1.54) is 7.11 Å². The van der Waals surface area contributed by atoms with Crippen molar-refractivity contribution in [3.8, 4) is 0 Å². The minimum Gasteiger partial charge on any atom is -0.391 e. The average molecular weight is 277 g/mol. The molecule has 1 aromatic carbocycles. The van der Waals surface area contributed by atoms with Crippen LogP contribution in [0.3, 0.4) is 0 Å². The molecule has 2 N–H and O–H groups in total. The largest absolute Gasteiger partial charge is 0.391 e. The van der Waals surface area contributed by atoms with Crippen molar-refractivity contribution in [2.24, 2.45) is 0 Å². The third-order valence-corrected chi connectivity index (χ3v) is 3.00. The van der Waals surface area contributed by atoms with Crippen LogP contribution >= 0.6 is 0 Å². The molecule has 6 heteroatoms. The lowest BCUT2D eigenvalue weighted by Crippen LogP contribution is -2.31. The molecular weight excluding hydrogens is 258 g/mol. The highest BCUT2D eigenvalue weighted by atomic mass is 16.5. The van der Waals surface area contributed by atoms with E-state index in [1.54, 1.807) is 10.9 Å². The minimum atomic E-state index is -0.547. The first kappa shape index (κ1) is 14.5. The first-order valence-corrected chi connectivity index (χ1v) is 6.54. The first-order valence-electron chi connectivity index (χ1n) is 6.54. The second kappa shape index (κ2) is 7.02. The summed E-state index contributed by atoms with van der Waals surface area (Å²) >= 11 is 0. The number of aliphatic hydroxyl groups is 1. The van der Waals surface area contributed by atoms with Gasteiger partial charge in [0.25, 0.3) is 0 Å². The highest BCUT2D eigenvalue weighted by molar-refractivity contribution is 5.80. The van der Waals surface area contributed by atoms with Gasteiger partial charge in [0, 0.05) is 13.7 Å². The maximum absolute atomic E-state index is 11.8. The summed E-state index contributed by atoms with van der Waals surface area (Å²) in [5, 5.41) is 12.2. The Kier molecular flexibility index (Phi) is 5.09. The molecule has 2 aromatic rings. The topological polar surface area (TPSA) is 76.4 Å². The Hall–Kier alpha value is -1.92. The van der Waals surface area contributed by atoms with Crippen LogP contribution in [0.15, 0.2) is 30.6 Å². The number of nitrogens with one attached hydrogen (secondary N) is 1. The highest BCUT2D eigenvalue weighted by Crippen LogP contribution is 2.11. The van der Waals surface area contributed by atoms with Crippen LogP contribution in [0.25, 0.3) is 11.0 Å². The number of imidazole rings is 1. The van der Waals surface area contributed by atoms with Gasteiger partial charge in [-0.05, 0) is 18.6 Å². The number of carbonyl (C=O) groups excluding carboxylic acids is 1. The number of methoxy groups -OCH3 is 1. The van der Waals surface area contributed by atoms with Crippen LogP contribution in [0.1, 0.15) is 6.42 Å². The first-order chi connectivity index (χ1) is 9.70. The van der Waals surface area contributed by atoms with E-state index in [-0.39, 0.29) is 19.1 Å². The number of nitrogens with zero attached hydrogens (tertiary/aromatic N) is 2. The molecule has 0 radical (unpaired) electrons. The number of aliphatic hydroxyl groups excluding tert-OH is 1. The Morgan fingerprint density at radius 1 is 1.50 bits per heavy atom. The summed E-state index contributed by atoms with van der Waals surface area (Å²) in [5.74, 6) is -0.0993. The van der Waals surface area contributed by atoms with Crippen LogP contribution < -0.4 is 5.32 Å². The maximum atomic E-state index is 11.8. The number of fused-ring (bicyclic) bond motifs is 1. The fourth-order valence-electron chi connectivity index (χ4n) is 2.00. The Morgan fingerprint density at radius 3 is 3.10 bits per heavy atom. The van der Waals surface area contributed by atoms with Gasteiger partial charge < -0.3 is 19.7 Å². The molecule has 1 amide bonds. The van der Waals surface area contributed by atoms with Gasteiger partial charge in [0.15, 0.2) is 0 Å². The predicted molar refractivity (Wildman–Crippen MR) is 75.2 cm³/mol. The van der Waals surface area contributed by atoms with Crippen molar-refractivity contribution in [1.82, 2.24) is 14.9 Å². The zero-order valence-corrected chi connectivity index (χ0v) is 11.5. The number of benzene rings is 1. The molecule has 6 nitrogen and oxygen atoms in total. The summed E-state index contributed by atoms with van der Waals surface area (Å²) in [6.07, 6.45) is 1.59. The van der Waals surface area contributed by atoms with Crippen molar-refractivity contribution in [2.75, 3.05) is 20.3 Å². The van der Waals surface area contributed by atoms with Crippen LogP contribution in [-0.4, -0.2) is 46.9 Å². The number of hydrogen-bond acceptors (Lipinski definition) is 4. The van der Waals surface area contributed by atoms with E-state index < -0.39 is 6.10 Å². The van der Waals surface area contributed by atoms with E-state index in [2.05, 4.69) is 10.3 Å². The number of para-hydroxylation sites is 2. The van der Waals surface area contributed by atoms with Crippen LogP contribution in [0.2, 0.25) is 0 Å². The van der Waals surface area contributed by atoms with Gasteiger partial charge in [-0.25, -0.2) is 4.98 Å².